The van der Waals surface area contributed by atoms with Crippen LogP contribution in [0.15, 0.2) is 221 Å². The normalized spacial score (nSPS) is 12.1. The molecule has 0 radical (unpaired) electrons. The van der Waals surface area contributed by atoms with Crippen molar-refractivity contribution >= 4 is 98.3 Å². The van der Waals surface area contributed by atoms with Gasteiger partial charge in [0.05, 0.1) is 38.7 Å². The zero-order valence-corrected chi connectivity index (χ0v) is 36.3. The summed E-state index contributed by atoms with van der Waals surface area (Å²) in [6.45, 7) is 0. The first-order chi connectivity index (χ1) is 33.7. The zero-order valence-electron chi connectivity index (χ0n) is 36.3. The molecule has 5 heterocycles. The van der Waals surface area contributed by atoms with Gasteiger partial charge < -0.3 is 18.0 Å². The van der Waals surface area contributed by atoms with E-state index in [0.717, 1.165) is 99.2 Å². The summed E-state index contributed by atoms with van der Waals surface area (Å²) in [5.74, 6) is 1.59. The van der Waals surface area contributed by atoms with Gasteiger partial charge in [-0.15, -0.1) is 0 Å². The molecule has 0 aliphatic carbocycles. The van der Waals surface area contributed by atoms with E-state index in [-0.39, 0.29) is 0 Å². The number of hydrogen-bond donors (Lipinski definition) is 0. The molecule has 316 valence electrons. The van der Waals surface area contributed by atoms with Gasteiger partial charge in [-0.25, -0.2) is 15.0 Å². The average Bonchev–Trinajstić information content (AvgIpc) is 4.16. The highest BCUT2D eigenvalue weighted by Gasteiger charge is 2.25. The van der Waals surface area contributed by atoms with Crippen molar-refractivity contribution in [1.29, 1.82) is 0 Å². The van der Waals surface area contributed by atoms with Crippen LogP contribution in [0, 0.1) is 0 Å². The Bertz CT molecular complexity index is 4570. The Kier molecular flexibility index (Phi) is 7.65. The Morgan fingerprint density at radius 2 is 0.853 bits per heavy atom. The fraction of sp³-hybridized carbons (Fsp3) is 0. The molecule has 15 rings (SSSR count). The Hall–Kier alpha value is -9.33. The summed E-state index contributed by atoms with van der Waals surface area (Å²) in [4.78, 5) is 16.4. The molecule has 0 aliphatic rings. The maximum Gasteiger partial charge on any atom is 0.167 e. The van der Waals surface area contributed by atoms with Crippen LogP contribution in [0.2, 0.25) is 0 Å². The third-order valence-electron chi connectivity index (χ3n) is 13.8. The van der Waals surface area contributed by atoms with E-state index in [0.29, 0.717) is 23.1 Å². The predicted molar refractivity (Wildman–Crippen MR) is 277 cm³/mol. The summed E-state index contributed by atoms with van der Waals surface area (Å²) in [6, 6.07) is 74.3. The van der Waals surface area contributed by atoms with E-state index < -0.39 is 0 Å². The van der Waals surface area contributed by atoms with Crippen LogP contribution in [0.5, 0.6) is 0 Å². The topological polar surface area (TPSA) is 74.8 Å². The van der Waals surface area contributed by atoms with E-state index in [4.69, 9.17) is 23.8 Å². The molecule has 0 amide bonds. The number of rotatable bonds is 5. The second-order valence-electron chi connectivity index (χ2n) is 17.5. The number of aromatic nitrogens is 5. The smallest absolute Gasteiger partial charge is 0.167 e. The Morgan fingerprint density at radius 3 is 1.62 bits per heavy atom. The molecule has 7 heteroatoms. The molecule has 0 bridgehead atoms. The quantitative estimate of drug-likeness (QED) is 0.172. The molecule has 0 unspecified atom stereocenters. The van der Waals surface area contributed by atoms with Crippen molar-refractivity contribution in [3.8, 4) is 45.5 Å². The third kappa shape index (κ3) is 5.26. The van der Waals surface area contributed by atoms with Gasteiger partial charge in [0, 0.05) is 54.5 Å². The van der Waals surface area contributed by atoms with Gasteiger partial charge in [0.25, 0.3) is 0 Å². The largest absolute Gasteiger partial charge is 0.456 e. The molecule has 15 aromatic rings. The summed E-state index contributed by atoms with van der Waals surface area (Å²) in [5, 5.41) is 10.9. The number of fused-ring (bicyclic) bond motifs is 13. The van der Waals surface area contributed by atoms with Gasteiger partial charge in [0.1, 0.15) is 22.3 Å². The van der Waals surface area contributed by atoms with Crippen LogP contribution in [-0.4, -0.2) is 24.1 Å². The summed E-state index contributed by atoms with van der Waals surface area (Å²) in [5.41, 5.74) is 12.1. The minimum atomic E-state index is 0.502. The average molecular weight is 870 g/mol. The van der Waals surface area contributed by atoms with E-state index in [2.05, 4.69) is 179 Å². The van der Waals surface area contributed by atoms with Crippen molar-refractivity contribution < 1.29 is 8.83 Å². The van der Waals surface area contributed by atoms with Crippen molar-refractivity contribution in [2.24, 2.45) is 0 Å². The molecule has 0 fully saturated rings. The fourth-order valence-corrected chi connectivity index (χ4v) is 10.8. The molecule has 0 N–H and O–H groups in total. The van der Waals surface area contributed by atoms with E-state index in [1.165, 1.54) is 21.5 Å². The molecular weight excluding hydrogens is 835 g/mol. The lowest BCUT2D eigenvalue weighted by molar-refractivity contribution is 0.668. The molecule has 10 aromatic carbocycles. The molecule has 0 aliphatic heterocycles. The zero-order chi connectivity index (χ0) is 44.5. The summed E-state index contributed by atoms with van der Waals surface area (Å²) >= 11 is 0. The second-order valence-corrected chi connectivity index (χ2v) is 17.5. The van der Waals surface area contributed by atoms with E-state index in [9.17, 15) is 0 Å². The Morgan fingerprint density at radius 1 is 0.309 bits per heavy atom. The Balaban J connectivity index is 1.04. The highest BCUT2D eigenvalue weighted by atomic mass is 16.3. The van der Waals surface area contributed by atoms with Gasteiger partial charge in [0.15, 0.2) is 17.5 Å². The molecular formula is C61H35N5O2. The lowest BCUT2D eigenvalue weighted by atomic mass is 10.0. The molecule has 68 heavy (non-hydrogen) atoms. The number of para-hydroxylation sites is 5. The standard InChI is InChI=1S/C61H35N5O2/c1-2-18-38(19-3-1)65-48-27-11-7-21-40(48)55-43(24-14-28-49(55)65)59-62-60(44-25-15-31-54-56(44)41-22-8-12-29-52(41)67-54)64-61(63-59)45-32-33-50(57-42-23-9-13-30-53(42)68-58(45)57)66-47-26-10-6-20-39(47)46-34-36-16-4-5-17-37(36)35-51(46)66/h1-35H. The third-order valence-corrected chi connectivity index (χ3v) is 13.8. The predicted octanol–water partition coefficient (Wildman–Crippen LogP) is 16.0. The molecule has 5 aromatic heterocycles. The van der Waals surface area contributed by atoms with Crippen LogP contribution >= 0.6 is 0 Å². The van der Waals surface area contributed by atoms with Crippen molar-refractivity contribution in [2.45, 2.75) is 0 Å². The number of nitrogens with zero attached hydrogens (tertiary/aromatic N) is 5. The lowest BCUT2D eigenvalue weighted by Crippen LogP contribution is -2.02. The molecule has 0 saturated carbocycles. The monoisotopic (exact) mass is 869 g/mol. The van der Waals surface area contributed by atoms with Gasteiger partial charge in [0.2, 0.25) is 0 Å². The van der Waals surface area contributed by atoms with Crippen molar-refractivity contribution in [3.63, 3.8) is 0 Å². The minimum Gasteiger partial charge on any atom is -0.456 e. The van der Waals surface area contributed by atoms with Gasteiger partial charge >= 0.3 is 0 Å². The summed E-state index contributed by atoms with van der Waals surface area (Å²) in [6.07, 6.45) is 0. The van der Waals surface area contributed by atoms with Gasteiger partial charge in [-0.3, -0.25) is 0 Å². The highest BCUT2D eigenvalue weighted by molar-refractivity contribution is 6.19. The van der Waals surface area contributed by atoms with Crippen LogP contribution in [0.4, 0.5) is 0 Å². The van der Waals surface area contributed by atoms with Crippen LogP contribution in [0.25, 0.3) is 144 Å². The highest BCUT2D eigenvalue weighted by Crippen LogP contribution is 2.45. The lowest BCUT2D eigenvalue weighted by Gasteiger charge is -2.13. The first-order valence-corrected chi connectivity index (χ1v) is 22.9. The van der Waals surface area contributed by atoms with Crippen molar-refractivity contribution in [1.82, 2.24) is 24.1 Å². The minimum absolute atomic E-state index is 0.502. The van der Waals surface area contributed by atoms with E-state index in [1.54, 1.807) is 0 Å². The fourth-order valence-electron chi connectivity index (χ4n) is 10.8. The molecule has 0 saturated heterocycles. The molecule has 7 nitrogen and oxygen atoms in total. The maximum absolute atomic E-state index is 7.03. The van der Waals surface area contributed by atoms with Crippen LogP contribution in [0.3, 0.4) is 0 Å². The van der Waals surface area contributed by atoms with Gasteiger partial charge in [-0.2, -0.15) is 0 Å². The number of furan rings is 2. The SMILES string of the molecule is c1ccc(-n2c3ccccc3c3c(-c4nc(-c5ccc(-n6c7ccccc7c7cc8ccccc8cc76)c6c5oc5ccccc56)nc(-c5cccc6oc7ccccc7c56)n4)cccc32)cc1. The van der Waals surface area contributed by atoms with Crippen LogP contribution in [-0.2, 0) is 0 Å². The maximum atomic E-state index is 7.03. The number of benzene rings is 10. The molecule has 0 spiro atoms. The van der Waals surface area contributed by atoms with Crippen LogP contribution < -0.4 is 0 Å². The van der Waals surface area contributed by atoms with E-state index in [1.807, 2.05) is 42.5 Å². The summed E-state index contributed by atoms with van der Waals surface area (Å²) < 4.78 is 18.2. The summed E-state index contributed by atoms with van der Waals surface area (Å²) in [7, 11) is 0. The second kappa shape index (κ2) is 14.1. The van der Waals surface area contributed by atoms with Gasteiger partial charge in [-0.05, 0) is 83.6 Å². The first kappa shape index (κ1) is 36.9. The first-order valence-electron chi connectivity index (χ1n) is 22.9. The van der Waals surface area contributed by atoms with Crippen molar-refractivity contribution in [2.75, 3.05) is 0 Å². The van der Waals surface area contributed by atoms with E-state index >= 15 is 0 Å². The Labute approximate surface area is 387 Å². The number of hydrogen-bond acceptors (Lipinski definition) is 5. The van der Waals surface area contributed by atoms with Crippen LogP contribution in [0.1, 0.15) is 0 Å². The van der Waals surface area contributed by atoms with Crippen molar-refractivity contribution in [3.05, 3.63) is 212 Å². The molecule has 0 atom stereocenters. The van der Waals surface area contributed by atoms with Gasteiger partial charge in [-0.1, -0.05) is 140 Å².